The number of fused-ring (bicyclic) bond motifs is 3. The summed E-state index contributed by atoms with van der Waals surface area (Å²) in [4.78, 5) is 26.0. The number of carbonyl (C=O) groups excluding carboxylic acids is 1. The number of benzene rings is 2. The van der Waals surface area contributed by atoms with Crippen molar-refractivity contribution in [2.75, 3.05) is 0 Å². The van der Waals surface area contributed by atoms with Gasteiger partial charge in [0.2, 0.25) is 11.7 Å². The zero-order valence-electron chi connectivity index (χ0n) is 17.6. The molecule has 0 spiro atoms. The topological polar surface area (TPSA) is 81.3 Å². The molecular formula is C23H23N5O2S. The number of thioether (sulfide) groups is 1. The molecule has 4 aromatic rings. The Morgan fingerprint density at radius 2 is 1.94 bits per heavy atom. The van der Waals surface area contributed by atoms with Crippen LogP contribution < -0.4 is 10.9 Å². The SMILES string of the molecule is Cc1ccc(C)c(-n2c(=O)c3ccccc3n3c(SC(C)C(=O)NC4CC4)nnc23)c1. The van der Waals surface area contributed by atoms with Gasteiger partial charge in [0.15, 0.2) is 5.16 Å². The first-order valence-corrected chi connectivity index (χ1v) is 11.3. The number of aryl methyl sites for hydroxylation is 2. The van der Waals surface area contributed by atoms with Gasteiger partial charge in [-0.2, -0.15) is 0 Å². The molecule has 31 heavy (non-hydrogen) atoms. The van der Waals surface area contributed by atoms with E-state index in [9.17, 15) is 9.59 Å². The van der Waals surface area contributed by atoms with Crippen LogP contribution in [-0.2, 0) is 4.79 Å². The van der Waals surface area contributed by atoms with Gasteiger partial charge in [0.25, 0.3) is 5.56 Å². The monoisotopic (exact) mass is 433 g/mol. The van der Waals surface area contributed by atoms with Crippen LogP contribution in [0.15, 0.2) is 52.4 Å². The quantitative estimate of drug-likeness (QED) is 0.488. The van der Waals surface area contributed by atoms with E-state index in [1.54, 1.807) is 4.57 Å². The van der Waals surface area contributed by atoms with Gasteiger partial charge in [-0.05, 0) is 62.9 Å². The van der Waals surface area contributed by atoms with Gasteiger partial charge in [-0.25, -0.2) is 4.57 Å². The van der Waals surface area contributed by atoms with Crippen molar-refractivity contribution in [3.63, 3.8) is 0 Å². The lowest BCUT2D eigenvalue weighted by Crippen LogP contribution is -2.32. The predicted molar refractivity (Wildman–Crippen MR) is 122 cm³/mol. The molecule has 0 radical (unpaired) electrons. The number of hydrogen-bond acceptors (Lipinski definition) is 5. The fourth-order valence-electron chi connectivity index (χ4n) is 3.69. The minimum atomic E-state index is -0.326. The first-order chi connectivity index (χ1) is 14.9. The van der Waals surface area contributed by atoms with E-state index in [1.807, 2.05) is 67.6 Å². The molecule has 0 bridgehead atoms. The standard InChI is InChI=1S/C23H23N5O2S/c1-13-8-9-14(2)19(12-13)27-21(30)17-6-4-5-7-18(17)28-22(27)25-26-23(28)31-15(3)20(29)24-16-10-11-16/h4-9,12,15-16H,10-11H2,1-3H3,(H,24,29). The smallest absolute Gasteiger partial charge is 0.267 e. The number of amides is 1. The van der Waals surface area contributed by atoms with E-state index in [-0.39, 0.29) is 16.7 Å². The van der Waals surface area contributed by atoms with E-state index in [4.69, 9.17) is 0 Å². The van der Waals surface area contributed by atoms with E-state index in [0.29, 0.717) is 22.4 Å². The van der Waals surface area contributed by atoms with Crippen LogP contribution in [0.25, 0.3) is 22.4 Å². The second-order valence-corrected chi connectivity index (χ2v) is 9.42. The van der Waals surface area contributed by atoms with Crippen LogP contribution >= 0.6 is 11.8 Å². The van der Waals surface area contributed by atoms with Crippen LogP contribution in [0.4, 0.5) is 0 Å². The Hall–Kier alpha value is -3.13. The van der Waals surface area contributed by atoms with E-state index in [0.717, 1.165) is 35.2 Å². The van der Waals surface area contributed by atoms with Crippen LogP contribution in [0, 0.1) is 13.8 Å². The van der Waals surface area contributed by atoms with E-state index in [1.165, 1.54) is 11.8 Å². The molecule has 1 fully saturated rings. The maximum atomic E-state index is 13.5. The number of nitrogens with zero attached hydrogens (tertiary/aromatic N) is 4. The number of nitrogens with one attached hydrogen (secondary N) is 1. The van der Waals surface area contributed by atoms with E-state index in [2.05, 4.69) is 15.5 Å². The molecular weight excluding hydrogens is 410 g/mol. The van der Waals surface area contributed by atoms with Crippen molar-refractivity contribution in [2.45, 2.75) is 50.1 Å². The highest BCUT2D eigenvalue weighted by Crippen LogP contribution is 2.28. The summed E-state index contributed by atoms with van der Waals surface area (Å²) in [5, 5.41) is 12.6. The van der Waals surface area contributed by atoms with Gasteiger partial charge in [-0.1, -0.05) is 36.0 Å². The Balaban J connectivity index is 1.71. The minimum Gasteiger partial charge on any atom is -0.352 e. The molecule has 1 unspecified atom stereocenters. The Bertz CT molecular complexity index is 1390. The maximum Gasteiger partial charge on any atom is 0.267 e. The summed E-state index contributed by atoms with van der Waals surface area (Å²) in [6.07, 6.45) is 2.09. The van der Waals surface area contributed by atoms with Crippen molar-refractivity contribution in [3.8, 4) is 5.69 Å². The Kier molecular flexibility index (Phi) is 4.81. The van der Waals surface area contributed by atoms with Crippen molar-refractivity contribution < 1.29 is 4.79 Å². The number of carbonyl (C=O) groups is 1. The van der Waals surface area contributed by atoms with Crippen LogP contribution in [0.2, 0.25) is 0 Å². The van der Waals surface area contributed by atoms with Crippen molar-refractivity contribution in [3.05, 3.63) is 63.9 Å². The molecule has 1 amide bonds. The fraction of sp³-hybridized carbons (Fsp3) is 0.304. The molecule has 1 aliphatic carbocycles. The minimum absolute atomic E-state index is 0.00333. The third-order valence-electron chi connectivity index (χ3n) is 5.58. The summed E-state index contributed by atoms with van der Waals surface area (Å²) < 4.78 is 3.50. The van der Waals surface area contributed by atoms with Gasteiger partial charge in [0.1, 0.15) is 0 Å². The zero-order valence-corrected chi connectivity index (χ0v) is 18.4. The first kappa shape index (κ1) is 19.8. The summed E-state index contributed by atoms with van der Waals surface area (Å²) >= 11 is 1.35. The summed E-state index contributed by atoms with van der Waals surface area (Å²) in [6, 6.07) is 13.8. The summed E-state index contributed by atoms with van der Waals surface area (Å²) in [5.41, 5.74) is 3.40. The van der Waals surface area contributed by atoms with Crippen molar-refractivity contribution in [1.82, 2.24) is 24.5 Å². The van der Waals surface area contributed by atoms with Gasteiger partial charge in [-0.3, -0.25) is 14.0 Å². The van der Waals surface area contributed by atoms with E-state index >= 15 is 0 Å². The average molecular weight is 434 g/mol. The number of rotatable bonds is 5. The molecule has 8 heteroatoms. The molecule has 7 nitrogen and oxygen atoms in total. The maximum absolute atomic E-state index is 13.5. The summed E-state index contributed by atoms with van der Waals surface area (Å²) in [5.74, 6) is 0.436. The Morgan fingerprint density at radius 3 is 2.71 bits per heavy atom. The van der Waals surface area contributed by atoms with Crippen LogP contribution in [-0.4, -0.2) is 36.4 Å². The highest BCUT2D eigenvalue weighted by Gasteiger charge is 2.27. The number of hydrogen-bond donors (Lipinski definition) is 1. The normalized spacial score (nSPS) is 14.8. The van der Waals surface area contributed by atoms with Crippen LogP contribution in [0.1, 0.15) is 30.9 Å². The zero-order chi connectivity index (χ0) is 21.7. The van der Waals surface area contributed by atoms with Crippen molar-refractivity contribution >= 4 is 34.3 Å². The molecule has 1 saturated carbocycles. The average Bonchev–Trinajstić information content (AvgIpc) is 3.48. The molecule has 1 N–H and O–H groups in total. The molecule has 2 aromatic carbocycles. The third-order valence-corrected chi connectivity index (χ3v) is 6.62. The lowest BCUT2D eigenvalue weighted by molar-refractivity contribution is -0.120. The summed E-state index contributed by atoms with van der Waals surface area (Å²) in [6.45, 7) is 5.84. The van der Waals surface area contributed by atoms with Gasteiger partial charge >= 0.3 is 0 Å². The number of para-hydroxylation sites is 1. The lowest BCUT2D eigenvalue weighted by atomic mass is 10.1. The lowest BCUT2D eigenvalue weighted by Gasteiger charge is -2.15. The highest BCUT2D eigenvalue weighted by molar-refractivity contribution is 8.00. The van der Waals surface area contributed by atoms with Gasteiger partial charge in [0, 0.05) is 6.04 Å². The molecule has 2 aromatic heterocycles. The molecule has 0 aliphatic heterocycles. The Labute approximate surface area is 183 Å². The van der Waals surface area contributed by atoms with Crippen LogP contribution in [0.3, 0.4) is 0 Å². The second kappa shape index (κ2) is 7.53. The highest BCUT2D eigenvalue weighted by atomic mass is 32.2. The van der Waals surface area contributed by atoms with Gasteiger partial charge < -0.3 is 5.32 Å². The molecule has 1 aliphatic rings. The third kappa shape index (κ3) is 3.50. The molecule has 2 heterocycles. The molecule has 158 valence electrons. The first-order valence-electron chi connectivity index (χ1n) is 10.4. The summed E-state index contributed by atoms with van der Waals surface area (Å²) in [7, 11) is 0. The molecule has 5 rings (SSSR count). The number of aromatic nitrogens is 4. The van der Waals surface area contributed by atoms with Gasteiger partial charge in [-0.15, -0.1) is 10.2 Å². The van der Waals surface area contributed by atoms with Crippen molar-refractivity contribution in [2.24, 2.45) is 0 Å². The fourth-order valence-corrected chi connectivity index (χ4v) is 4.55. The van der Waals surface area contributed by atoms with Crippen molar-refractivity contribution in [1.29, 1.82) is 0 Å². The Morgan fingerprint density at radius 1 is 1.16 bits per heavy atom. The van der Waals surface area contributed by atoms with Crippen LogP contribution in [0.5, 0.6) is 0 Å². The van der Waals surface area contributed by atoms with E-state index < -0.39 is 0 Å². The predicted octanol–water partition coefficient (Wildman–Crippen LogP) is 3.41. The molecule has 1 atom stereocenters. The molecule has 0 saturated heterocycles. The largest absolute Gasteiger partial charge is 0.352 e. The second-order valence-electron chi connectivity index (χ2n) is 8.11. The van der Waals surface area contributed by atoms with Gasteiger partial charge in [0.05, 0.1) is 21.8 Å².